The van der Waals surface area contributed by atoms with Gasteiger partial charge in [0.2, 0.25) is 0 Å². The third kappa shape index (κ3) is 5.31. The van der Waals surface area contributed by atoms with Gasteiger partial charge in [0.05, 0.1) is 0 Å². The van der Waals surface area contributed by atoms with Crippen LogP contribution in [-0.2, 0) is 0 Å². The molecule has 2 amide bonds. The monoisotopic (exact) mass is 380 g/mol. The second kappa shape index (κ2) is 9.88. The maximum absolute atomic E-state index is 12.6. The molecule has 0 unspecified atom stereocenters. The molecule has 148 valence electrons. The van der Waals surface area contributed by atoms with Crippen LogP contribution in [0.4, 0.5) is 11.4 Å². The molecule has 3 rings (SSSR count). The van der Waals surface area contributed by atoms with Gasteiger partial charge in [0, 0.05) is 42.8 Å². The van der Waals surface area contributed by atoms with Crippen molar-refractivity contribution in [3.05, 3.63) is 53.9 Å². The van der Waals surface area contributed by atoms with Gasteiger partial charge in [-0.1, -0.05) is 13.3 Å². The highest BCUT2D eigenvalue weighted by Gasteiger charge is 2.13. The summed E-state index contributed by atoms with van der Waals surface area (Å²) in [6.45, 7) is 4.85. The maximum atomic E-state index is 12.6. The van der Waals surface area contributed by atoms with Crippen LogP contribution < -0.4 is 15.5 Å². The Morgan fingerprint density at radius 2 is 1.79 bits per heavy atom. The number of anilines is 2. The van der Waals surface area contributed by atoms with Crippen molar-refractivity contribution in [3.63, 3.8) is 0 Å². The topological polar surface area (TPSA) is 74.3 Å². The van der Waals surface area contributed by atoms with E-state index in [0.29, 0.717) is 12.1 Å². The number of piperidine rings is 1. The Kier molecular flexibility index (Phi) is 7.00. The van der Waals surface area contributed by atoms with Gasteiger partial charge >= 0.3 is 0 Å². The Balaban J connectivity index is 1.61. The van der Waals surface area contributed by atoms with E-state index >= 15 is 0 Å². The second-order valence-electron chi connectivity index (χ2n) is 7.09. The molecule has 1 aliphatic rings. The summed E-state index contributed by atoms with van der Waals surface area (Å²) in [4.78, 5) is 31.1. The third-order valence-corrected chi connectivity index (χ3v) is 4.92. The molecule has 0 bridgehead atoms. The van der Waals surface area contributed by atoms with Gasteiger partial charge in [-0.2, -0.15) is 0 Å². The minimum atomic E-state index is -0.256. The number of rotatable bonds is 7. The first-order chi connectivity index (χ1) is 13.7. The van der Waals surface area contributed by atoms with Crippen molar-refractivity contribution in [3.8, 4) is 0 Å². The molecule has 0 radical (unpaired) electrons. The Morgan fingerprint density at radius 1 is 1.04 bits per heavy atom. The first-order valence-electron chi connectivity index (χ1n) is 10.1. The molecule has 2 heterocycles. The summed E-state index contributed by atoms with van der Waals surface area (Å²) in [6, 6.07) is 11.1. The summed E-state index contributed by atoms with van der Waals surface area (Å²) in [5.41, 5.74) is 2.59. The number of amides is 2. The molecule has 1 fully saturated rings. The summed E-state index contributed by atoms with van der Waals surface area (Å²) >= 11 is 0. The van der Waals surface area contributed by atoms with Crippen LogP contribution in [0.1, 0.15) is 59.9 Å². The lowest BCUT2D eigenvalue weighted by Gasteiger charge is -2.28. The molecule has 1 aromatic carbocycles. The van der Waals surface area contributed by atoms with E-state index in [0.717, 1.165) is 31.6 Å². The highest BCUT2D eigenvalue weighted by Crippen LogP contribution is 2.22. The molecule has 1 aliphatic heterocycles. The van der Waals surface area contributed by atoms with Crippen molar-refractivity contribution in [2.45, 2.75) is 39.0 Å². The van der Waals surface area contributed by atoms with Gasteiger partial charge in [0.15, 0.2) is 0 Å². The maximum Gasteiger partial charge on any atom is 0.269 e. The van der Waals surface area contributed by atoms with E-state index in [2.05, 4.69) is 27.4 Å². The second-order valence-corrected chi connectivity index (χ2v) is 7.09. The van der Waals surface area contributed by atoms with E-state index in [1.54, 1.807) is 6.07 Å². The number of unbranched alkanes of at least 4 members (excludes halogenated alkanes) is 1. The molecule has 0 aliphatic carbocycles. The van der Waals surface area contributed by atoms with Gasteiger partial charge in [0.1, 0.15) is 5.69 Å². The first kappa shape index (κ1) is 19.9. The number of hydrogen-bond donors (Lipinski definition) is 2. The number of aromatic nitrogens is 1. The lowest BCUT2D eigenvalue weighted by Crippen LogP contribution is -2.29. The zero-order valence-electron chi connectivity index (χ0n) is 16.4. The third-order valence-electron chi connectivity index (χ3n) is 4.92. The summed E-state index contributed by atoms with van der Waals surface area (Å²) in [5.74, 6) is -0.510. The highest BCUT2D eigenvalue weighted by atomic mass is 16.2. The average Bonchev–Trinajstić information content (AvgIpc) is 2.75. The number of carbonyl (C=O) groups is 2. The lowest BCUT2D eigenvalue weighted by molar-refractivity contribution is 0.0948. The van der Waals surface area contributed by atoms with Crippen LogP contribution >= 0.6 is 0 Å². The summed E-state index contributed by atoms with van der Waals surface area (Å²) in [7, 11) is 0. The molecule has 0 saturated carbocycles. The van der Waals surface area contributed by atoms with Crippen LogP contribution in [-0.4, -0.2) is 36.4 Å². The quantitative estimate of drug-likeness (QED) is 0.716. The van der Waals surface area contributed by atoms with Crippen molar-refractivity contribution in [2.75, 3.05) is 29.9 Å². The van der Waals surface area contributed by atoms with Crippen LogP contribution in [0.5, 0.6) is 0 Å². The summed E-state index contributed by atoms with van der Waals surface area (Å²) in [6.07, 6.45) is 7.17. The SMILES string of the molecule is CCCCNC(=O)c1cc(C(=O)Nc2ccc(N3CCCCC3)cc2)ccn1. The van der Waals surface area contributed by atoms with Crippen LogP contribution in [0, 0.1) is 0 Å². The fourth-order valence-corrected chi connectivity index (χ4v) is 3.28. The Labute approximate surface area is 166 Å². The standard InChI is InChI=1S/C22H28N4O2/c1-2-3-12-24-22(28)20-16-17(11-13-23-20)21(27)25-18-7-9-19(10-8-18)26-14-5-4-6-15-26/h7-11,13,16H,2-6,12,14-15H2,1H3,(H,24,28)(H,25,27). The zero-order chi connectivity index (χ0) is 19.8. The number of hydrogen-bond acceptors (Lipinski definition) is 4. The van der Waals surface area contributed by atoms with Gasteiger partial charge in [-0.05, 0) is 62.1 Å². The lowest BCUT2D eigenvalue weighted by atomic mass is 10.1. The summed E-state index contributed by atoms with van der Waals surface area (Å²) < 4.78 is 0. The fraction of sp³-hybridized carbons (Fsp3) is 0.409. The molecule has 0 atom stereocenters. The average molecular weight is 380 g/mol. The molecular formula is C22H28N4O2. The van der Waals surface area contributed by atoms with E-state index in [9.17, 15) is 9.59 Å². The predicted octanol–water partition coefficient (Wildman–Crippen LogP) is 3.85. The number of pyridine rings is 1. The van der Waals surface area contributed by atoms with Crippen molar-refractivity contribution in [2.24, 2.45) is 0 Å². The molecule has 2 N–H and O–H groups in total. The Bertz CT molecular complexity index is 798. The van der Waals surface area contributed by atoms with Crippen molar-refractivity contribution < 1.29 is 9.59 Å². The largest absolute Gasteiger partial charge is 0.372 e. The Hall–Kier alpha value is -2.89. The smallest absolute Gasteiger partial charge is 0.269 e. The fourth-order valence-electron chi connectivity index (χ4n) is 3.28. The van der Waals surface area contributed by atoms with Crippen molar-refractivity contribution in [1.82, 2.24) is 10.3 Å². The minimum absolute atomic E-state index is 0.254. The Morgan fingerprint density at radius 3 is 2.50 bits per heavy atom. The number of nitrogens with one attached hydrogen (secondary N) is 2. The van der Waals surface area contributed by atoms with E-state index in [-0.39, 0.29) is 17.5 Å². The molecule has 2 aromatic rings. The van der Waals surface area contributed by atoms with E-state index in [1.807, 2.05) is 24.3 Å². The van der Waals surface area contributed by atoms with Crippen LogP contribution in [0.25, 0.3) is 0 Å². The molecule has 0 spiro atoms. The number of nitrogens with zero attached hydrogens (tertiary/aromatic N) is 2. The highest BCUT2D eigenvalue weighted by molar-refractivity contribution is 6.05. The van der Waals surface area contributed by atoms with Crippen molar-refractivity contribution in [1.29, 1.82) is 0 Å². The molecule has 6 nitrogen and oxygen atoms in total. The molecule has 1 saturated heterocycles. The molecule has 28 heavy (non-hydrogen) atoms. The molecular weight excluding hydrogens is 352 g/mol. The van der Waals surface area contributed by atoms with Crippen LogP contribution in [0.2, 0.25) is 0 Å². The number of benzene rings is 1. The van der Waals surface area contributed by atoms with Crippen LogP contribution in [0.3, 0.4) is 0 Å². The van der Waals surface area contributed by atoms with Crippen LogP contribution in [0.15, 0.2) is 42.6 Å². The minimum Gasteiger partial charge on any atom is -0.372 e. The van der Waals surface area contributed by atoms with Gasteiger partial charge in [-0.25, -0.2) is 0 Å². The first-order valence-corrected chi connectivity index (χ1v) is 10.1. The van der Waals surface area contributed by atoms with E-state index < -0.39 is 0 Å². The van der Waals surface area contributed by atoms with Crippen molar-refractivity contribution >= 4 is 23.2 Å². The zero-order valence-corrected chi connectivity index (χ0v) is 16.4. The van der Waals surface area contributed by atoms with Gasteiger partial charge in [0.25, 0.3) is 11.8 Å². The normalized spacial score (nSPS) is 13.8. The van der Waals surface area contributed by atoms with Gasteiger partial charge < -0.3 is 15.5 Å². The predicted molar refractivity (Wildman–Crippen MR) is 112 cm³/mol. The molecule has 6 heteroatoms. The molecule has 1 aromatic heterocycles. The van der Waals surface area contributed by atoms with Gasteiger partial charge in [-0.3, -0.25) is 14.6 Å². The van der Waals surface area contributed by atoms with E-state index in [1.165, 1.54) is 37.2 Å². The number of carbonyl (C=O) groups excluding carboxylic acids is 2. The van der Waals surface area contributed by atoms with E-state index in [4.69, 9.17) is 0 Å². The summed E-state index contributed by atoms with van der Waals surface area (Å²) in [5, 5.41) is 5.71. The van der Waals surface area contributed by atoms with Gasteiger partial charge in [-0.15, -0.1) is 0 Å².